The molecule has 1 heterocycles. The zero-order valence-corrected chi connectivity index (χ0v) is 13.3. The molecule has 1 amide bonds. The number of hydrogen-bond acceptors (Lipinski definition) is 2. The molecule has 2 N–H and O–H groups in total. The first-order valence-electron chi connectivity index (χ1n) is 7.65. The Morgan fingerprint density at radius 1 is 1.38 bits per heavy atom. The molecule has 1 fully saturated rings. The number of quaternary nitrogens is 1. The maximum atomic E-state index is 11.9. The molecule has 1 aromatic carbocycles. The monoisotopic (exact) mass is 311 g/mol. The molecule has 0 aromatic heterocycles. The summed E-state index contributed by atoms with van der Waals surface area (Å²) in [6.07, 6.45) is 3.75. The van der Waals surface area contributed by atoms with Crippen LogP contribution in [0.3, 0.4) is 0 Å². The molecule has 1 saturated heterocycles. The Morgan fingerprint density at radius 2 is 2.14 bits per heavy atom. The van der Waals surface area contributed by atoms with Gasteiger partial charge in [-0.3, -0.25) is 4.79 Å². The van der Waals surface area contributed by atoms with Crippen molar-refractivity contribution in [2.24, 2.45) is 0 Å². The van der Waals surface area contributed by atoms with E-state index in [1.165, 1.54) is 24.2 Å². The largest absolute Gasteiger partial charge is 0.492 e. The van der Waals surface area contributed by atoms with E-state index in [9.17, 15) is 4.79 Å². The predicted molar refractivity (Wildman–Crippen MR) is 84.0 cm³/mol. The van der Waals surface area contributed by atoms with Crippen molar-refractivity contribution in [1.82, 2.24) is 5.32 Å². The summed E-state index contributed by atoms with van der Waals surface area (Å²) in [6, 6.07) is 7.82. The molecule has 0 bridgehead atoms. The summed E-state index contributed by atoms with van der Waals surface area (Å²) in [7, 11) is 0. The molecule has 1 unspecified atom stereocenters. The summed E-state index contributed by atoms with van der Waals surface area (Å²) in [6.45, 7) is 4.91. The first-order valence-corrected chi connectivity index (χ1v) is 8.02. The molecule has 0 radical (unpaired) electrons. The standard InChI is InChI=1S/C16H23ClN2O2/c1-13-4-2-3-10-19(13)12-16(20)18-9-11-21-15-7-5-14(17)6-8-15/h5-8,13H,2-4,9-12H2,1H3,(H,18,20)/p+1/t13-/m1/s1. The Morgan fingerprint density at radius 3 is 2.86 bits per heavy atom. The number of likely N-dealkylation sites (tertiary alicyclic amines) is 1. The molecule has 1 aliphatic rings. The predicted octanol–water partition coefficient (Wildman–Crippen LogP) is 1.29. The van der Waals surface area contributed by atoms with Gasteiger partial charge in [0.2, 0.25) is 0 Å². The highest BCUT2D eigenvalue weighted by Crippen LogP contribution is 2.15. The van der Waals surface area contributed by atoms with Gasteiger partial charge < -0.3 is 15.0 Å². The van der Waals surface area contributed by atoms with E-state index in [2.05, 4.69) is 12.2 Å². The fourth-order valence-electron chi connectivity index (χ4n) is 2.67. The van der Waals surface area contributed by atoms with Gasteiger partial charge in [-0.25, -0.2) is 0 Å². The second-order valence-corrected chi connectivity index (χ2v) is 6.07. The first kappa shape index (κ1) is 16.1. The van der Waals surface area contributed by atoms with Crippen molar-refractivity contribution in [3.05, 3.63) is 29.3 Å². The Kier molecular flexibility index (Phi) is 6.33. The molecular formula is C16H24ClN2O2+. The fraction of sp³-hybridized carbons (Fsp3) is 0.562. The molecule has 1 aromatic rings. The topological polar surface area (TPSA) is 42.8 Å². The lowest BCUT2D eigenvalue weighted by atomic mass is 10.0. The van der Waals surface area contributed by atoms with Crippen molar-refractivity contribution in [3.63, 3.8) is 0 Å². The van der Waals surface area contributed by atoms with Gasteiger partial charge in [-0.15, -0.1) is 0 Å². The second kappa shape index (κ2) is 8.25. The number of ether oxygens (including phenoxy) is 1. The van der Waals surface area contributed by atoms with Gasteiger partial charge in [0.05, 0.1) is 19.1 Å². The molecule has 0 spiro atoms. The zero-order chi connectivity index (χ0) is 15.1. The summed E-state index contributed by atoms with van der Waals surface area (Å²) < 4.78 is 5.54. The van der Waals surface area contributed by atoms with E-state index in [0.717, 1.165) is 12.3 Å². The summed E-state index contributed by atoms with van der Waals surface area (Å²) in [5.41, 5.74) is 0. The van der Waals surface area contributed by atoms with E-state index in [1.807, 2.05) is 12.1 Å². The van der Waals surface area contributed by atoms with Gasteiger partial charge in [-0.1, -0.05) is 11.6 Å². The molecular weight excluding hydrogens is 288 g/mol. The number of piperidine rings is 1. The number of halogens is 1. The van der Waals surface area contributed by atoms with Crippen LogP contribution >= 0.6 is 11.6 Å². The lowest BCUT2D eigenvalue weighted by Gasteiger charge is -2.29. The molecule has 2 atom stereocenters. The van der Waals surface area contributed by atoms with Crippen LogP contribution < -0.4 is 15.0 Å². The highest BCUT2D eigenvalue weighted by atomic mass is 35.5. The van der Waals surface area contributed by atoms with E-state index >= 15 is 0 Å². The Hall–Kier alpha value is -1.26. The number of carbonyl (C=O) groups excluding carboxylic acids is 1. The van der Waals surface area contributed by atoms with Crippen molar-refractivity contribution >= 4 is 17.5 Å². The smallest absolute Gasteiger partial charge is 0.275 e. The maximum Gasteiger partial charge on any atom is 0.275 e. The van der Waals surface area contributed by atoms with Crippen LogP contribution in [0.15, 0.2) is 24.3 Å². The highest BCUT2D eigenvalue weighted by Gasteiger charge is 2.23. The SMILES string of the molecule is C[C@@H]1CCCC[NH+]1CC(=O)NCCOc1ccc(Cl)cc1. The molecule has 5 heteroatoms. The van der Waals surface area contributed by atoms with Gasteiger partial charge >= 0.3 is 0 Å². The highest BCUT2D eigenvalue weighted by molar-refractivity contribution is 6.30. The third-order valence-electron chi connectivity index (χ3n) is 3.98. The average molecular weight is 312 g/mol. The van der Waals surface area contributed by atoms with Crippen LogP contribution in [-0.2, 0) is 4.79 Å². The lowest BCUT2D eigenvalue weighted by Crippen LogP contribution is -3.17. The Labute approximate surface area is 131 Å². The third-order valence-corrected chi connectivity index (χ3v) is 4.23. The molecule has 0 aliphatic carbocycles. The summed E-state index contributed by atoms with van der Waals surface area (Å²) in [4.78, 5) is 13.3. The summed E-state index contributed by atoms with van der Waals surface area (Å²) in [5.74, 6) is 0.877. The van der Waals surface area contributed by atoms with Gasteiger partial charge in [-0.2, -0.15) is 0 Å². The minimum absolute atomic E-state index is 0.110. The summed E-state index contributed by atoms with van der Waals surface area (Å²) in [5, 5.41) is 3.61. The fourth-order valence-corrected chi connectivity index (χ4v) is 2.80. The lowest BCUT2D eigenvalue weighted by molar-refractivity contribution is -0.921. The van der Waals surface area contributed by atoms with E-state index < -0.39 is 0 Å². The quantitative estimate of drug-likeness (QED) is 0.778. The number of nitrogens with one attached hydrogen (secondary N) is 2. The van der Waals surface area contributed by atoms with Crippen LogP contribution in [0.1, 0.15) is 26.2 Å². The first-order chi connectivity index (χ1) is 10.1. The minimum atomic E-state index is 0.110. The average Bonchev–Trinajstić information content (AvgIpc) is 2.48. The van der Waals surface area contributed by atoms with Gasteiger partial charge in [0, 0.05) is 5.02 Å². The number of benzene rings is 1. The molecule has 2 rings (SSSR count). The molecule has 4 nitrogen and oxygen atoms in total. The zero-order valence-electron chi connectivity index (χ0n) is 12.5. The normalized spacial score (nSPS) is 21.8. The number of carbonyl (C=O) groups is 1. The van der Waals surface area contributed by atoms with Crippen LogP contribution in [0.25, 0.3) is 0 Å². The van der Waals surface area contributed by atoms with Crippen molar-refractivity contribution in [2.75, 3.05) is 26.2 Å². The summed E-state index contributed by atoms with van der Waals surface area (Å²) >= 11 is 5.80. The molecule has 0 saturated carbocycles. The number of amides is 1. The van der Waals surface area contributed by atoms with E-state index in [1.54, 1.807) is 12.1 Å². The second-order valence-electron chi connectivity index (χ2n) is 5.63. The van der Waals surface area contributed by atoms with Crippen molar-refractivity contribution < 1.29 is 14.4 Å². The Balaban J connectivity index is 1.61. The van der Waals surface area contributed by atoms with Crippen LogP contribution in [0.5, 0.6) is 5.75 Å². The van der Waals surface area contributed by atoms with Gasteiger partial charge in [0.1, 0.15) is 12.4 Å². The number of rotatable bonds is 6. The van der Waals surface area contributed by atoms with E-state index in [-0.39, 0.29) is 5.91 Å². The van der Waals surface area contributed by atoms with Gasteiger partial charge in [-0.05, 0) is 50.5 Å². The Bertz CT molecular complexity index is 450. The van der Waals surface area contributed by atoms with Crippen molar-refractivity contribution in [2.45, 2.75) is 32.2 Å². The maximum absolute atomic E-state index is 11.9. The van der Waals surface area contributed by atoms with Crippen molar-refractivity contribution in [1.29, 1.82) is 0 Å². The molecule has 116 valence electrons. The van der Waals surface area contributed by atoms with Crippen LogP contribution in [0.2, 0.25) is 5.02 Å². The molecule has 1 aliphatic heterocycles. The van der Waals surface area contributed by atoms with E-state index in [4.69, 9.17) is 16.3 Å². The van der Waals surface area contributed by atoms with Crippen molar-refractivity contribution in [3.8, 4) is 5.75 Å². The van der Waals surface area contributed by atoms with Crippen LogP contribution in [0.4, 0.5) is 0 Å². The van der Waals surface area contributed by atoms with Crippen LogP contribution in [0, 0.1) is 0 Å². The number of hydrogen-bond donors (Lipinski definition) is 2. The molecule has 21 heavy (non-hydrogen) atoms. The third kappa shape index (κ3) is 5.56. The van der Waals surface area contributed by atoms with Gasteiger partial charge in [0.15, 0.2) is 6.54 Å². The van der Waals surface area contributed by atoms with E-state index in [0.29, 0.717) is 30.8 Å². The van der Waals surface area contributed by atoms with Crippen LogP contribution in [-0.4, -0.2) is 38.2 Å². The minimum Gasteiger partial charge on any atom is -0.492 e. The van der Waals surface area contributed by atoms with Gasteiger partial charge in [0.25, 0.3) is 5.91 Å².